The van der Waals surface area contributed by atoms with Crippen molar-refractivity contribution in [2.24, 2.45) is 10.9 Å². The van der Waals surface area contributed by atoms with Gasteiger partial charge >= 0.3 is 0 Å². The minimum Gasteiger partial charge on any atom is -0.496 e. The van der Waals surface area contributed by atoms with Gasteiger partial charge in [-0.05, 0) is 44.6 Å². The van der Waals surface area contributed by atoms with Crippen molar-refractivity contribution in [3.8, 4) is 5.75 Å². The molecule has 2 aliphatic rings. The molecule has 0 radical (unpaired) electrons. The van der Waals surface area contributed by atoms with E-state index in [4.69, 9.17) is 14.5 Å². The normalized spacial score (nSPS) is 17.8. The van der Waals surface area contributed by atoms with Crippen LogP contribution in [0.3, 0.4) is 0 Å². The lowest BCUT2D eigenvalue weighted by Gasteiger charge is -2.23. The van der Waals surface area contributed by atoms with E-state index < -0.39 is 0 Å². The zero-order valence-electron chi connectivity index (χ0n) is 16.9. The highest BCUT2D eigenvalue weighted by molar-refractivity contribution is 14.0. The number of benzene rings is 1. The number of hydrogen-bond acceptors (Lipinski definition) is 3. The van der Waals surface area contributed by atoms with Crippen molar-refractivity contribution in [3.63, 3.8) is 0 Å². The summed E-state index contributed by atoms with van der Waals surface area (Å²) >= 11 is 0. The summed E-state index contributed by atoms with van der Waals surface area (Å²) in [4.78, 5) is 7.12. The number of likely N-dealkylation sites (N-methyl/N-ethyl adjacent to an activating group) is 1. The molecule has 5 nitrogen and oxygen atoms in total. The molecular formula is C21H34IN3O2. The summed E-state index contributed by atoms with van der Waals surface area (Å²) in [6, 6.07) is 8.36. The van der Waals surface area contributed by atoms with E-state index in [1.807, 2.05) is 12.1 Å². The van der Waals surface area contributed by atoms with Crippen LogP contribution in [-0.4, -0.2) is 57.9 Å². The highest BCUT2D eigenvalue weighted by atomic mass is 127. The van der Waals surface area contributed by atoms with Crippen molar-refractivity contribution in [2.45, 2.75) is 38.0 Å². The van der Waals surface area contributed by atoms with Crippen LogP contribution in [-0.2, 0) is 10.2 Å². The molecule has 1 aromatic rings. The van der Waals surface area contributed by atoms with E-state index in [2.05, 4.69) is 36.3 Å². The van der Waals surface area contributed by atoms with E-state index >= 15 is 0 Å². The van der Waals surface area contributed by atoms with Gasteiger partial charge in [0.15, 0.2) is 5.96 Å². The number of ether oxygens (including phenoxy) is 2. The molecule has 3 rings (SSSR count). The Kier molecular flexibility index (Phi) is 8.66. The number of aliphatic imine (C=N–C) groups is 1. The standard InChI is InChI=1S/C21H33N3O2.HI/c1-4-22-20(24(2)13-14-26-15-17-9-10-17)23-16-21(11-12-21)18-7-5-6-8-19(18)25-3;/h5-8,17H,4,9-16H2,1-3H3,(H,22,23);1H. The predicted molar refractivity (Wildman–Crippen MR) is 121 cm³/mol. The average Bonchev–Trinajstić information content (AvgIpc) is 3.58. The summed E-state index contributed by atoms with van der Waals surface area (Å²) in [7, 11) is 3.84. The Morgan fingerprint density at radius 1 is 1.30 bits per heavy atom. The second-order valence-corrected chi connectivity index (χ2v) is 7.59. The second-order valence-electron chi connectivity index (χ2n) is 7.59. The molecule has 0 atom stereocenters. The third-order valence-electron chi connectivity index (χ3n) is 5.38. The fraction of sp³-hybridized carbons (Fsp3) is 0.667. The lowest BCUT2D eigenvalue weighted by molar-refractivity contribution is 0.115. The van der Waals surface area contributed by atoms with E-state index in [1.165, 1.54) is 31.2 Å². The van der Waals surface area contributed by atoms with E-state index in [1.54, 1.807) is 7.11 Å². The van der Waals surface area contributed by atoms with E-state index in [0.29, 0.717) is 0 Å². The summed E-state index contributed by atoms with van der Waals surface area (Å²) < 4.78 is 11.3. The Labute approximate surface area is 180 Å². The Morgan fingerprint density at radius 3 is 2.67 bits per heavy atom. The number of nitrogens with one attached hydrogen (secondary N) is 1. The first kappa shape index (κ1) is 22.3. The summed E-state index contributed by atoms with van der Waals surface area (Å²) in [5.74, 6) is 2.76. The number of halogens is 1. The van der Waals surface area contributed by atoms with E-state index in [0.717, 1.165) is 50.5 Å². The molecule has 2 fully saturated rings. The molecule has 0 amide bonds. The number of nitrogens with zero attached hydrogens (tertiary/aromatic N) is 2. The largest absolute Gasteiger partial charge is 0.496 e. The SMILES string of the molecule is CCNC(=NCC1(c2ccccc2OC)CC1)N(C)CCOCC1CC1.I. The lowest BCUT2D eigenvalue weighted by atomic mass is 9.95. The van der Waals surface area contributed by atoms with Crippen molar-refractivity contribution in [1.29, 1.82) is 0 Å². The van der Waals surface area contributed by atoms with Crippen molar-refractivity contribution in [3.05, 3.63) is 29.8 Å². The first-order valence-electron chi connectivity index (χ1n) is 9.89. The van der Waals surface area contributed by atoms with Gasteiger partial charge in [-0.3, -0.25) is 4.99 Å². The molecule has 0 aromatic heterocycles. The van der Waals surface area contributed by atoms with Crippen LogP contribution in [0.25, 0.3) is 0 Å². The molecule has 2 saturated carbocycles. The molecule has 0 bridgehead atoms. The quantitative estimate of drug-likeness (QED) is 0.237. The molecule has 0 spiro atoms. The molecular weight excluding hydrogens is 453 g/mol. The summed E-state index contributed by atoms with van der Waals surface area (Å²) in [6.07, 6.45) is 5.02. The lowest BCUT2D eigenvalue weighted by Crippen LogP contribution is -2.41. The van der Waals surface area contributed by atoms with Crippen LogP contribution in [0.2, 0.25) is 0 Å². The third kappa shape index (κ3) is 6.24. The number of hydrogen-bond donors (Lipinski definition) is 1. The fourth-order valence-electron chi connectivity index (χ4n) is 3.28. The molecule has 152 valence electrons. The molecule has 2 aliphatic carbocycles. The molecule has 6 heteroatoms. The molecule has 0 heterocycles. The van der Waals surface area contributed by atoms with Crippen LogP contribution < -0.4 is 10.1 Å². The van der Waals surface area contributed by atoms with Gasteiger partial charge in [-0.2, -0.15) is 0 Å². The zero-order valence-corrected chi connectivity index (χ0v) is 19.2. The Balaban J connectivity index is 0.00000261. The van der Waals surface area contributed by atoms with Crippen molar-refractivity contribution >= 4 is 29.9 Å². The highest BCUT2D eigenvalue weighted by Crippen LogP contribution is 2.51. The highest BCUT2D eigenvalue weighted by Gasteiger charge is 2.46. The van der Waals surface area contributed by atoms with Crippen molar-refractivity contribution in [1.82, 2.24) is 10.2 Å². The van der Waals surface area contributed by atoms with Gasteiger partial charge in [0.25, 0.3) is 0 Å². The Morgan fingerprint density at radius 2 is 2.04 bits per heavy atom. The summed E-state index contributed by atoms with van der Waals surface area (Å²) in [5.41, 5.74) is 1.42. The topological polar surface area (TPSA) is 46.1 Å². The van der Waals surface area contributed by atoms with Gasteiger partial charge in [-0.25, -0.2) is 0 Å². The van der Waals surface area contributed by atoms with Crippen molar-refractivity contribution in [2.75, 3.05) is 47.0 Å². The smallest absolute Gasteiger partial charge is 0.193 e. The number of guanidine groups is 1. The molecule has 0 aliphatic heterocycles. The molecule has 1 N–H and O–H groups in total. The van der Waals surface area contributed by atoms with E-state index in [9.17, 15) is 0 Å². The maximum atomic E-state index is 5.77. The van der Waals surface area contributed by atoms with Gasteiger partial charge in [-0.15, -0.1) is 24.0 Å². The van der Waals surface area contributed by atoms with Crippen LogP contribution >= 0.6 is 24.0 Å². The van der Waals surface area contributed by atoms with Gasteiger partial charge < -0.3 is 19.7 Å². The number of methoxy groups -OCH3 is 1. The fourth-order valence-corrected chi connectivity index (χ4v) is 3.28. The van der Waals surface area contributed by atoms with Gasteiger partial charge in [0.2, 0.25) is 0 Å². The third-order valence-corrected chi connectivity index (χ3v) is 5.38. The zero-order chi connectivity index (χ0) is 18.4. The second kappa shape index (κ2) is 10.5. The van der Waals surface area contributed by atoms with Gasteiger partial charge in [0, 0.05) is 37.7 Å². The maximum Gasteiger partial charge on any atom is 0.193 e. The van der Waals surface area contributed by atoms with Crippen LogP contribution in [0.15, 0.2) is 29.3 Å². The van der Waals surface area contributed by atoms with E-state index in [-0.39, 0.29) is 29.4 Å². The molecule has 27 heavy (non-hydrogen) atoms. The molecule has 0 unspecified atom stereocenters. The summed E-state index contributed by atoms with van der Waals surface area (Å²) in [6.45, 7) is 6.31. The van der Waals surface area contributed by atoms with Crippen molar-refractivity contribution < 1.29 is 9.47 Å². The monoisotopic (exact) mass is 487 g/mol. The Hall–Kier alpha value is -1.02. The van der Waals surface area contributed by atoms with Crippen LogP contribution in [0.4, 0.5) is 0 Å². The van der Waals surface area contributed by atoms with Gasteiger partial charge in [0.1, 0.15) is 5.75 Å². The van der Waals surface area contributed by atoms with Crippen LogP contribution in [0.5, 0.6) is 5.75 Å². The first-order chi connectivity index (χ1) is 12.7. The average molecular weight is 487 g/mol. The minimum atomic E-state index is 0. The van der Waals surface area contributed by atoms with Gasteiger partial charge in [-0.1, -0.05) is 18.2 Å². The minimum absolute atomic E-state index is 0. The Bertz CT molecular complexity index is 615. The van der Waals surface area contributed by atoms with Crippen LogP contribution in [0.1, 0.15) is 38.2 Å². The summed E-state index contributed by atoms with van der Waals surface area (Å²) in [5, 5.41) is 3.41. The number of para-hydroxylation sites is 1. The number of rotatable bonds is 10. The van der Waals surface area contributed by atoms with Gasteiger partial charge in [0.05, 0.1) is 20.3 Å². The molecule has 0 saturated heterocycles. The molecule has 1 aromatic carbocycles. The van der Waals surface area contributed by atoms with Crippen LogP contribution in [0, 0.1) is 5.92 Å². The predicted octanol–water partition coefficient (Wildman–Crippen LogP) is 3.67. The maximum absolute atomic E-state index is 5.77. The first-order valence-corrected chi connectivity index (χ1v) is 9.89.